The summed E-state index contributed by atoms with van der Waals surface area (Å²) in [6.07, 6.45) is 4.80. The summed E-state index contributed by atoms with van der Waals surface area (Å²) < 4.78 is 4.68. The molecule has 1 amide bonds. The van der Waals surface area contributed by atoms with Gasteiger partial charge in [-0.2, -0.15) is 0 Å². The fourth-order valence-corrected chi connectivity index (χ4v) is 0.933. The van der Waals surface area contributed by atoms with E-state index in [4.69, 9.17) is 5.73 Å². The summed E-state index contributed by atoms with van der Waals surface area (Å²) in [5.41, 5.74) is 5.72. The quantitative estimate of drug-likeness (QED) is 0.468. The number of nitrogens with two attached hydrogens (primary N) is 1. The highest BCUT2D eigenvalue weighted by molar-refractivity contribution is 5.93. The molecule has 0 bridgehead atoms. The number of esters is 1. The third-order valence-corrected chi connectivity index (χ3v) is 1.63. The van der Waals surface area contributed by atoms with Gasteiger partial charge in [0, 0.05) is 12.2 Å². The summed E-state index contributed by atoms with van der Waals surface area (Å²) in [5.74, 6) is -1.34. The zero-order valence-electron chi connectivity index (χ0n) is 8.50. The van der Waals surface area contributed by atoms with Crippen LogP contribution in [0.15, 0.2) is 48.7 Å². The van der Waals surface area contributed by atoms with E-state index in [2.05, 4.69) is 4.74 Å². The van der Waals surface area contributed by atoms with Gasteiger partial charge in [0.1, 0.15) is 0 Å². The first-order chi connectivity index (χ1) is 7.68. The number of benzene rings is 1. The van der Waals surface area contributed by atoms with Gasteiger partial charge in [0.25, 0.3) is 0 Å². The molecule has 0 aromatic heterocycles. The van der Waals surface area contributed by atoms with Crippen LogP contribution in [0.25, 0.3) is 6.08 Å². The number of rotatable bonds is 4. The van der Waals surface area contributed by atoms with Crippen molar-refractivity contribution in [1.29, 1.82) is 0 Å². The van der Waals surface area contributed by atoms with Crippen molar-refractivity contribution in [1.82, 2.24) is 0 Å². The molecule has 16 heavy (non-hydrogen) atoms. The van der Waals surface area contributed by atoms with Crippen LogP contribution in [-0.2, 0) is 14.3 Å². The number of primary amides is 1. The molecule has 2 N–H and O–H groups in total. The van der Waals surface area contributed by atoms with Crippen molar-refractivity contribution >= 4 is 18.0 Å². The Morgan fingerprint density at radius 1 is 1.12 bits per heavy atom. The Morgan fingerprint density at radius 3 is 2.44 bits per heavy atom. The molecule has 4 heteroatoms. The van der Waals surface area contributed by atoms with Gasteiger partial charge in [-0.25, -0.2) is 4.79 Å². The standard InChI is InChI=1S/C12H11NO3/c13-11(14)6-7-12(15)16-9-8-10-4-2-1-3-5-10/h1-9H,(H2,13,14). The predicted molar refractivity (Wildman–Crippen MR) is 59.9 cm³/mol. The normalized spacial score (nSPS) is 10.8. The third kappa shape index (κ3) is 4.76. The molecule has 0 aliphatic heterocycles. The first-order valence-corrected chi connectivity index (χ1v) is 4.58. The number of carbonyl (C=O) groups is 2. The fourth-order valence-electron chi connectivity index (χ4n) is 0.933. The van der Waals surface area contributed by atoms with Crippen LogP contribution in [0.2, 0.25) is 0 Å². The van der Waals surface area contributed by atoms with Gasteiger partial charge < -0.3 is 10.5 Å². The Bertz CT molecular complexity index is 421. The summed E-state index contributed by atoms with van der Waals surface area (Å²) in [5, 5.41) is 0. The van der Waals surface area contributed by atoms with E-state index in [1.165, 1.54) is 6.26 Å². The lowest BCUT2D eigenvalue weighted by atomic mass is 10.2. The minimum absolute atomic E-state index is 0.647. The van der Waals surface area contributed by atoms with Crippen LogP contribution in [0, 0.1) is 0 Å². The second kappa shape index (κ2) is 6.19. The van der Waals surface area contributed by atoms with E-state index >= 15 is 0 Å². The number of amides is 1. The maximum atomic E-state index is 11.0. The lowest BCUT2D eigenvalue weighted by Crippen LogP contribution is -2.07. The zero-order valence-corrected chi connectivity index (χ0v) is 8.50. The molecular formula is C12H11NO3. The van der Waals surface area contributed by atoms with E-state index in [1.54, 1.807) is 6.08 Å². The van der Waals surface area contributed by atoms with Gasteiger partial charge in [-0.1, -0.05) is 30.3 Å². The molecule has 0 unspecified atom stereocenters. The SMILES string of the molecule is NC(=O)C=CC(=O)OC=Cc1ccccc1. The number of carbonyl (C=O) groups excluding carboxylic acids is 2. The summed E-state index contributed by atoms with van der Waals surface area (Å²) in [6, 6.07) is 9.36. The third-order valence-electron chi connectivity index (χ3n) is 1.63. The lowest BCUT2D eigenvalue weighted by Gasteiger charge is -1.93. The van der Waals surface area contributed by atoms with Crippen LogP contribution in [0.5, 0.6) is 0 Å². The molecular weight excluding hydrogens is 206 g/mol. The average molecular weight is 217 g/mol. The van der Waals surface area contributed by atoms with Crippen LogP contribution in [0.4, 0.5) is 0 Å². The summed E-state index contributed by atoms with van der Waals surface area (Å²) in [7, 11) is 0. The Balaban J connectivity index is 2.43. The van der Waals surface area contributed by atoms with Crippen LogP contribution in [-0.4, -0.2) is 11.9 Å². The Labute approximate surface area is 93.0 Å². The van der Waals surface area contributed by atoms with Gasteiger partial charge in [-0.3, -0.25) is 4.79 Å². The molecule has 0 saturated heterocycles. The first-order valence-electron chi connectivity index (χ1n) is 4.58. The maximum Gasteiger partial charge on any atom is 0.335 e. The van der Waals surface area contributed by atoms with Crippen molar-refractivity contribution in [2.45, 2.75) is 0 Å². The van der Waals surface area contributed by atoms with Gasteiger partial charge in [-0.05, 0) is 11.6 Å². The highest BCUT2D eigenvalue weighted by Crippen LogP contribution is 2.00. The second-order valence-corrected chi connectivity index (χ2v) is 2.89. The Morgan fingerprint density at radius 2 is 1.81 bits per heavy atom. The van der Waals surface area contributed by atoms with E-state index in [0.717, 1.165) is 17.7 Å². The van der Waals surface area contributed by atoms with Gasteiger partial charge in [0.15, 0.2) is 0 Å². The Kier molecular flexibility index (Phi) is 4.53. The summed E-state index contributed by atoms with van der Waals surface area (Å²) in [6.45, 7) is 0. The predicted octanol–water partition coefficient (Wildman–Crippen LogP) is 1.24. The second-order valence-electron chi connectivity index (χ2n) is 2.89. The van der Waals surface area contributed by atoms with E-state index in [-0.39, 0.29) is 0 Å². The molecule has 4 nitrogen and oxygen atoms in total. The largest absolute Gasteiger partial charge is 0.431 e. The minimum atomic E-state index is -0.691. The maximum absolute atomic E-state index is 11.0. The topological polar surface area (TPSA) is 69.4 Å². The molecule has 0 aliphatic rings. The molecule has 0 aliphatic carbocycles. The zero-order chi connectivity index (χ0) is 11.8. The van der Waals surface area contributed by atoms with Crippen molar-refractivity contribution < 1.29 is 14.3 Å². The van der Waals surface area contributed by atoms with Gasteiger partial charge in [0.2, 0.25) is 5.91 Å². The van der Waals surface area contributed by atoms with Crippen LogP contribution in [0.1, 0.15) is 5.56 Å². The monoisotopic (exact) mass is 217 g/mol. The molecule has 0 fully saturated rings. The molecule has 1 aromatic rings. The van der Waals surface area contributed by atoms with Gasteiger partial charge in [-0.15, -0.1) is 0 Å². The Hall–Kier alpha value is -2.36. The van der Waals surface area contributed by atoms with Crippen molar-refractivity contribution in [2.24, 2.45) is 5.73 Å². The molecule has 0 saturated carbocycles. The molecule has 0 spiro atoms. The van der Waals surface area contributed by atoms with Crippen LogP contribution < -0.4 is 5.73 Å². The molecule has 0 atom stereocenters. The molecule has 82 valence electrons. The van der Waals surface area contributed by atoms with Crippen molar-refractivity contribution in [3.05, 3.63) is 54.3 Å². The molecule has 1 aromatic carbocycles. The lowest BCUT2D eigenvalue weighted by molar-refractivity contribution is -0.132. The first kappa shape index (κ1) is 11.7. The van der Waals surface area contributed by atoms with E-state index in [1.807, 2.05) is 30.3 Å². The highest BCUT2D eigenvalue weighted by Gasteiger charge is 1.93. The molecule has 0 radical (unpaired) electrons. The van der Waals surface area contributed by atoms with E-state index in [9.17, 15) is 9.59 Å². The summed E-state index contributed by atoms with van der Waals surface area (Å²) in [4.78, 5) is 21.3. The number of hydrogen-bond donors (Lipinski definition) is 1. The van der Waals surface area contributed by atoms with Crippen molar-refractivity contribution in [2.75, 3.05) is 0 Å². The smallest absolute Gasteiger partial charge is 0.335 e. The molecule has 1 rings (SSSR count). The molecule has 0 heterocycles. The van der Waals surface area contributed by atoms with Crippen molar-refractivity contribution in [3.63, 3.8) is 0 Å². The van der Waals surface area contributed by atoms with E-state index < -0.39 is 11.9 Å². The average Bonchev–Trinajstić information content (AvgIpc) is 2.28. The van der Waals surface area contributed by atoms with Gasteiger partial charge in [0.05, 0.1) is 6.26 Å². The van der Waals surface area contributed by atoms with Crippen molar-refractivity contribution in [3.8, 4) is 0 Å². The van der Waals surface area contributed by atoms with E-state index in [0.29, 0.717) is 0 Å². The number of ether oxygens (including phenoxy) is 1. The van der Waals surface area contributed by atoms with Gasteiger partial charge >= 0.3 is 5.97 Å². The highest BCUT2D eigenvalue weighted by atomic mass is 16.5. The minimum Gasteiger partial charge on any atom is -0.431 e. The summed E-state index contributed by atoms with van der Waals surface area (Å²) >= 11 is 0. The van der Waals surface area contributed by atoms with Crippen LogP contribution in [0.3, 0.4) is 0 Å². The van der Waals surface area contributed by atoms with Crippen LogP contribution >= 0.6 is 0 Å². The fraction of sp³-hybridized carbons (Fsp3) is 0. The number of hydrogen-bond acceptors (Lipinski definition) is 3.